The average molecular weight is 789 g/mol. The van der Waals surface area contributed by atoms with Gasteiger partial charge in [0, 0.05) is 23.8 Å². The molecule has 0 aliphatic carbocycles. The standard InChI is InChI=1S/C36H36O20/c37-11-22-26(45)29(48)31(50)35(53-22)56-34-30(49)27(46)23(12-51-24(44)6-2-13-1-4-16(39)18(41)7-13)54-36(34)55-33-28(47)25-20(43)9-15(38)10-21(25)52-32(33)14-3-5-17(40)19(42)8-14/h1-10,22-23,26-27,29-31,34-43,45-46,48-50H,11-12H2/b6-2+/t22-,23-,26-,27-,29+,30+,31-,34-,35+,36+/m1/s1. The number of phenols is 6. The Balaban J connectivity index is 1.37. The number of aliphatic hydroxyl groups excluding tert-OH is 6. The Hall–Kier alpha value is -5.68. The molecule has 6 rings (SSSR count). The van der Waals surface area contributed by atoms with E-state index in [1.807, 2.05) is 0 Å². The van der Waals surface area contributed by atoms with E-state index >= 15 is 0 Å². The second-order valence-corrected chi connectivity index (χ2v) is 12.8. The van der Waals surface area contributed by atoms with Gasteiger partial charge in [-0.25, -0.2) is 4.79 Å². The maximum atomic E-state index is 14.1. The fraction of sp³-hybridized carbons (Fsp3) is 0.333. The first-order valence-electron chi connectivity index (χ1n) is 16.6. The van der Waals surface area contributed by atoms with Crippen molar-refractivity contribution in [2.45, 2.75) is 61.4 Å². The van der Waals surface area contributed by atoms with Crippen LogP contribution in [0.15, 0.2) is 63.8 Å². The van der Waals surface area contributed by atoms with Crippen molar-refractivity contribution in [3.05, 3.63) is 70.4 Å². The van der Waals surface area contributed by atoms with Crippen molar-refractivity contribution in [2.24, 2.45) is 0 Å². The number of fused-ring (bicyclic) bond motifs is 1. The van der Waals surface area contributed by atoms with Crippen LogP contribution in [0.2, 0.25) is 0 Å². The summed E-state index contributed by atoms with van der Waals surface area (Å²) in [6.45, 7) is -1.66. The van der Waals surface area contributed by atoms with E-state index in [4.69, 9.17) is 28.1 Å². The van der Waals surface area contributed by atoms with Gasteiger partial charge in [-0.1, -0.05) is 6.07 Å². The normalized spacial score (nSPS) is 28.0. The molecule has 20 nitrogen and oxygen atoms in total. The van der Waals surface area contributed by atoms with Crippen LogP contribution in [0.1, 0.15) is 5.56 Å². The molecule has 12 N–H and O–H groups in total. The zero-order chi connectivity index (χ0) is 40.6. The molecular formula is C36H36O20. The summed E-state index contributed by atoms with van der Waals surface area (Å²) in [6.07, 6.45) is -16.9. The number of phenolic OH excluding ortho intramolecular Hbond substituents is 6. The quantitative estimate of drug-likeness (QED) is 0.0519. The number of hydrogen-bond acceptors (Lipinski definition) is 20. The molecule has 0 bridgehead atoms. The predicted molar refractivity (Wildman–Crippen MR) is 184 cm³/mol. The van der Waals surface area contributed by atoms with Crippen LogP contribution in [-0.2, 0) is 23.7 Å². The number of benzene rings is 3. The SMILES string of the molecule is O=C(/C=C/c1ccc(O)c(O)c1)OC[C@H]1O[C@@H](Oc2c(-c3ccc(O)c(O)c3)oc3cc(O)cc(O)c3c2=O)[C@H](O[C@@H]2O[C@H](CO)[C@@H](O)[C@H](O)[C@H]2O)[C@@H](O)[C@@H]1O. The first kappa shape index (κ1) is 40.0. The highest BCUT2D eigenvalue weighted by molar-refractivity contribution is 5.88. The molecule has 0 spiro atoms. The second-order valence-electron chi connectivity index (χ2n) is 12.8. The lowest BCUT2D eigenvalue weighted by Crippen LogP contribution is -2.65. The topological polar surface area (TPSA) is 336 Å². The molecule has 0 radical (unpaired) electrons. The molecule has 20 heteroatoms. The van der Waals surface area contributed by atoms with Gasteiger partial charge in [-0.3, -0.25) is 4.79 Å². The Bertz CT molecular complexity index is 2160. The smallest absolute Gasteiger partial charge is 0.330 e. The third-order valence-electron chi connectivity index (χ3n) is 8.97. The highest BCUT2D eigenvalue weighted by atomic mass is 16.8. The zero-order valence-corrected chi connectivity index (χ0v) is 28.6. The molecule has 3 aromatic carbocycles. The van der Waals surface area contributed by atoms with Gasteiger partial charge in [-0.15, -0.1) is 0 Å². The number of ether oxygens (including phenoxy) is 5. The van der Waals surface area contributed by atoms with E-state index in [1.165, 1.54) is 24.3 Å². The summed E-state index contributed by atoms with van der Waals surface area (Å²) in [5.41, 5.74) is -1.34. The largest absolute Gasteiger partial charge is 0.508 e. The number of rotatable bonds is 10. The Morgan fingerprint density at radius 1 is 0.714 bits per heavy atom. The van der Waals surface area contributed by atoms with Gasteiger partial charge < -0.3 is 89.4 Å². The minimum atomic E-state index is -2.11. The minimum Gasteiger partial charge on any atom is -0.508 e. The fourth-order valence-electron chi connectivity index (χ4n) is 5.98. The van der Waals surface area contributed by atoms with Gasteiger partial charge in [0.15, 0.2) is 41.2 Å². The van der Waals surface area contributed by atoms with Crippen LogP contribution in [0.3, 0.4) is 0 Å². The first-order valence-corrected chi connectivity index (χ1v) is 16.6. The number of aliphatic hydroxyl groups is 6. The summed E-state index contributed by atoms with van der Waals surface area (Å²) in [6, 6.07) is 8.69. The van der Waals surface area contributed by atoms with Crippen LogP contribution in [0, 0.1) is 0 Å². The van der Waals surface area contributed by atoms with E-state index < -0.39 is 137 Å². The molecule has 0 amide bonds. The summed E-state index contributed by atoms with van der Waals surface area (Å²) in [5, 5.41) is 123. The molecule has 3 heterocycles. The summed E-state index contributed by atoms with van der Waals surface area (Å²) in [7, 11) is 0. The second kappa shape index (κ2) is 16.2. The molecule has 300 valence electrons. The summed E-state index contributed by atoms with van der Waals surface area (Å²) in [4.78, 5) is 26.7. The van der Waals surface area contributed by atoms with Gasteiger partial charge in [-0.2, -0.15) is 0 Å². The maximum absolute atomic E-state index is 14.1. The van der Waals surface area contributed by atoms with Crippen molar-refractivity contribution in [1.82, 2.24) is 0 Å². The number of hydrogen-bond donors (Lipinski definition) is 12. The van der Waals surface area contributed by atoms with Gasteiger partial charge in [-0.05, 0) is 42.0 Å². The molecule has 2 saturated heterocycles. The van der Waals surface area contributed by atoms with Crippen molar-refractivity contribution in [1.29, 1.82) is 0 Å². The maximum Gasteiger partial charge on any atom is 0.330 e. The van der Waals surface area contributed by atoms with Crippen molar-refractivity contribution >= 4 is 23.0 Å². The molecule has 56 heavy (non-hydrogen) atoms. The van der Waals surface area contributed by atoms with Crippen LogP contribution in [0.4, 0.5) is 0 Å². The van der Waals surface area contributed by atoms with Gasteiger partial charge in [0.05, 0.1) is 6.61 Å². The molecule has 0 unspecified atom stereocenters. The van der Waals surface area contributed by atoms with Crippen LogP contribution >= 0.6 is 0 Å². The molecular weight excluding hydrogens is 752 g/mol. The Morgan fingerprint density at radius 3 is 2.05 bits per heavy atom. The molecule has 2 aliphatic rings. The van der Waals surface area contributed by atoms with E-state index in [9.17, 15) is 70.9 Å². The molecule has 2 fully saturated rings. The number of carbonyl (C=O) groups excluding carboxylic acids is 1. The van der Waals surface area contributed by atoms with Crippen molar-refractivity contribution in [3.63, 3.8) is 0 Å². The lowest BCUT2D eigenvalue weighted by Gasteiger charge is -2.45. The van der Waals surface area contributed by atoms with E-state index in [-0.39, 0.29) is 16.7 Å². The van der Waals surface area contributed by atoms with Gasteiger partial charge >= 0.3 is 5.97 Å². The average Bonchev–Trinajstić information content (AvgIpc) is 3.16. The lowest BCUT2D eigenvalue weighted by molar-refractivity contribution is -0.358. The third kappa shape index (κ3) is 8.00. The fourth-order valence-corrected chi connectivity index (χ4v) is 5.98. The van der Waals surface area contributed by atoms with Crippen molar-refractivity contribution in [3.8, 4) is 51.6 Å². The van der Waals surface area contributed by atoms with E-state index in [2.05, 4.69) is 0 Å². The number of aromatic hydroxyl groups is 6. The van der Waals surface area contributed by atoms with Gasteiger partial charge in [0.25, 0.3) is 0 Å². The number of esters is 1. The highest BCUT2D eigenvalue weighted by Crippen LogP contribution is 2.40. The lowest BCUT2D eigenvalue weighted by atomic mass is 9.97. The summed E-state index contributed by atoms with van der Waals surface area (Å²) < 4.78 is 34.0. The van der Waals surface area contributed by atoms with E-state index in [1.54, 1.807) is 0 Å². The van der Waals surface area contributed by atoms with Crippen LogP contribution in [0.25, 0.3) is 28.4 Å². The van der Waals surface area contributed by atoms with Crippen LogP contribution in [0.5, 0.6) is 40.2 Å². The van der Waals surface area contributed by atoms with E-state index in [0.29, 0.717) is 0 Å². The third-order valence-corrected chi connectivity index (χ3v) is 8.97. The van der Waals surface area contributed by atoms with Gasteiger partial charge in [0.2, 0.25) is 17.5 Å². The Labute approximate surface area is 313 Å². The van der Waals surface area contributed by atoms with E-state index in [0.717, 1.165) is 36.4 Å². The molecule has 1 aromatic heterocycles. The first-order chi connectivity index (χ1) is 26.6. The van der Waals surface area contributed by atoms with Crippen molar-refractivity contribution in [2.75, 3.05) is 13.2 Å². The highest BCUT2D eigenvalue weighted by Gasteiger charge is 2.52. The summed E-state index contributed by atoms with van der Waals surface area (Å²) in [5.74, 6) is -5.71. The minimum absolute atomic E-state index is 0.126. The molecule has 10 atom stereocenters. The molecule has 2 aliphatic heterocycles. The molecule has 4 aromatic rings. The number of carbonyl (C=O) groups is 1. The predicted octanol–water partition coefficient (Wildman–Crippen LogP) is -1.04. The Kier molecular flexibility index (Phi) is 11.6. The van der Waals surface area contributed by atoms with Crippen LogP contribution in [-0.4, -0.2) is 142 Å². The summed E-state index contributed by atoms with van der Waals surface area (Å²) >= 11 is 0. The van der Waals surface area contributed by atoms with Crippen LogP contribution < -0.4 is 10.2 Å². The van der Waals surface area contributed by atoms with Crippen molar-refractivity contribution < 1.29 is 94.2 Å². The van der Waals surface area contributed by atoms with Gasteiger partial charge in [0.1, 0.15) is 71.8 Å². The Morgan fingerprint density at radius 2 is 1.38 bits per heavy atom. The molecule has 0 saturated carbocycles. The zero-order valence-electron chi connectivity index (χ0n) is 28.6. The monoisotopic (exact) mass is 788 g/mol.